The van der Waals surface area contributed by atoms with Crippen LogP contribution in [0.3, 0.4) is 0 Å². The predicted octanol–water partition coefficient (Wildman–Crippen LogP) is 2.12. The van der Waals surface area contributed by atoms with Gasteiger partial charge in [-0.05, 0) is 17.7 Å². The summed E-state index contributed by atoms with van der Waals surface area (Å²) in [5, 5.41) is 0.340. The van der Waals surface area contributed by atoms with Gasteiger partial charge < -0.3 is 10.2 Å². The average Bonchev–Trinajstić information content (AvgIpc) is 2.34. The highest BCUT2D eigenvalue weighted by atomic mass is 35.5. The Bertz CT molecular complexity index is 231. The van der Waals surface area contributed by atoms with Gasteiger partial charge in [-0.25, -0.2) is 0 Å². The Hall–Kier alpha value is -0.730. The standard InChI is InChI=1S/C7H8ClNO/c1-2-6(9)5-3-4-10-7(5)8/h2-4,6H,1,9H2/t6-/m1/s1. The molecule has 0 radical (unpaired) electrons. The summed E-state index contributed by atoms with van der Waals surface area (Å²) in [5.41, 5.74) is 6.35. The van der Waals surface area contributed by atoms with Gasteiger partial charge in [0.25, 0.3) is 0 Å². The lowest BCUT2D eigenvalue weighted by molar-refractivity contribution is 0.564. The molecule has 3 heteroatoms. The number of rotatable bonds is 2. The van der Waals surface area contributed by atoms with Gasteiger partial charge in [-0.2, -0.15) is 0 Å². The molecule has 1 rings (SSSR count). The molecular weight excluding hydrogens is 150 g/mol. The molecule has 1 heterocycles. The molecular formula is C7H8ClNO. The summed E-state index contributed by atoms with van der Waals surface area (Å²) < 4.78 is 4.83. The van der Waals surface area contributed by atoms with Gasteiger partial charge in [-0.3, -0.25) is 0 Å². The molecule has 2 nitrogen and oxygen atoms in total. The molecule has 0 spiro atoms. The summed E-state index contributed by atoms with van der Waals surface area (Å²) in [6, 6.07) is 1.50. The van der Waals surface area contributed by atoms with E-state index in [1.807, 2.05) is 0 Å². The molecule has 0 amide bonds. The van der Waals surface area contributed by atoms with E-state index >= 15 is 0 Å². The highest BCUT2D eigenvalue weighted by molar-refractivity contribution is 6.29. The fourth-order valence-electron chi connectivity index (χ4n) is 0.670. The van der Waals surface area contributed by atoms with Crippen molar-refractivity contribution in [2.24, 2.45) is 5.73 Å². The summed E-state index contributed by atoms with van der Waals surface area (Å²) in [6.07, 6.45) is 3.11. The Labute approximate surface area is 64.3 Å². The Morgan fingerprint density at radius 2 is 2.50 bits per heavy atom. The molecule has 0 aliphatic rings. The van der Waals surface area contributed by atoms with Crippen molar-refractivity contribution >= 4 is 11.6 Å². The number of hydrogen-bond acceptors (Lipinski definition) is 2. The number of halogens is 1. The van der Waals surface area contributed by atoms with Crippen LogP contribution in [0, 0.1) is 0 Å². The van der Waals surface area contributed by atoms with Crippen LogP contribution < -0.4 is 5.73 Å². The maximum Gasteiger partial charge on any atom is 0.198 e. The number of nitrogens with two attached hydrogens (primary N) is 1. The van der Waals surface area contributed by atoms with E-state index in [2.05, 4.69) is 6.58 Å². The molecule has 2 N–H and O–H groups in total. The molecule has 0 saturated heterocycles. The van der Waals surface area contributed by atoms with Gasteiger partial charge in [-0.1, -0.05) is 6.08 Å². The third-order valence-corrected chi connectivity index (χ3v) is 1.57. The van der Waals surface area contributed by atoms with E-state index in [1.165, 1.54) is 6.26 Å². The maximum atomic E-state index is 5.62. The van der Waals surface area contributed by atoms with Gasteiger partial charge >= 0.3 is 0 Å². The highest BCUT2D eigenvalue weighted by Crippen LogP contribution is 2.22. The Morgan fingerprint density at radius 1 is 1.80 bits per heavy atom. The second kappa shape index (κ2) is 2.90. The van der Waals surface area contributed by atoms with Crippen molar-refractivity contribution in [3.8, 4) is 0 Å². The second-order valence-electron chi connectivity index (χ2n) is 1.91. The van der Waals surface area contributed by atoms with E-state index in [0.717, 1.165) is 5.56 Å². The van der Waals surface area contributed by atoms with Crippen LogP contribution >= 0.6 is 11.6 Å². The van der Waals surface area contributed by atoms with E-state index in [-0.39, 0.29) is 6.04 Å². The fraction of sp³-hybridized carbons (Fsp3) is 0.143. The summed E-state index contributed by atoms with van der Waals surface area (Å²) in [6.45, 7) is 3.53. The summed E-state index contributed by atoms with van der Waals surface area (Å²) in [7, 11) is 0. The van der Waals surface area contributed by atoms with Crippen molar-refractivity contribution in [2.45, 2.75) is 6.04 Å². The zero-order chi connectivity index (χ0) is 7.56. The zero-order valence-electron chi connectivity index (χ0n) is 5.38. The lowest BCUT2D eigenvalue weighted by Gasteiger charge is -2.00. The highest BCUT2D eigenvalue weighted by Gasteiger charge is 2.07. The van der Waals surface area contributed by atoms with Gasteiger partial charge in [0, 0.05) is 5.56 Å². The smallest absolute Gasteiger partial charge is 0.198 e. The quantitative estimate of drug-likeness (QED) is 0.668. The minimum Gasteiger partial charge on any atom is -0.453 e. The van der Waals surface area contributed by atoms with Gasteiger partial charge in [0.1, 0.15) is 0 Å². The van der Waals surface area contributed by atoms with Crippen LogP contribution in [0.15, 0.2) is 29.4 Å². The molecule has 0 aromatic carbocycles. The first-order valence-corrected chi connectivity index (χ1v) is 3.24. The summed E-state index contributed by atoms with van der Waals surface area (Å²) in [5.74, 6) is 0. The minimum absolute atomic E-state index is 0.230. The molecule has 0 aliphatic heterocycles. The van der Waals surface area contributed by atoms with Gasteiger partial charge in [0.15, 0.2) is 5.22 Å². The lowest BCUT2D eigenvalue weighted by atomic mass is 10.2. The molecule has 1 aromatic heterocycles. The predicted molar refractivity (Wildman–Crippen MR) is 40.8 cm³/mol. The largest absolute Gasteiger partial charge is 0.453 e. The summed E-state index contributed by atoms with van der Waals surface area (Å²) in [4.78, 5) is 0. The Morgan fingerprint density at radius 3 is 2.90 bits per heavy atom. The Kier molecular flexibility index (Phi) is 2.14. The van der Waals surface area contributed by atoms with Crippen LogP contribution in [0.1, 0.15) is 11.6 Å². The molecule has 54 valence electrons. The third-order valence-electron chi connectivity index (χ3n) is 1.26. The average molecular weight is 158 g/mol. The van der Waals surface area contributed by atoms with Crippen molar-refractivity contribution in [1.82, 2.24) is 0 Å². The first-order chi connectivity index (χ1) is 4.75. The first-order valence-electron chi connectivity index (χ1n) is 2.86. The maximum absolute atomic E-state index is 5.62. The van der Waals surface area contributed by atoms with Gasteiger partial charge in [-0.15, -0.1) is 6.58 Å². The van der Waals surface area contributed by atoms with Crippen molar-refractivity contribution in [3.05, 3.63) is 35.8 Å². The molecule has 0 bridgehead atoms. The van der Waals surface area contributed by atoms with Crippen LogP contribution in [0.2, 0.25) is 5.22 Å². The molecule has 1 aromatic rings. The van der Waals surface area contributed by atoms with Crippen LogP contribution in [-0.2, 0) is 0 Å². The zero-order valence-corrected chi connectivity index (χ0v) is 6.14. The van der Waals surface area contributed by atoms with E-state index in [9.17, 15) is 0 Å². The van der Waals surface area contributed by atoms with E-state index in [4.69, 9.17) is 21.8 Å². The number of hydrogen-bond donors (Lipinski definition) is 1. The topological polar surface area (TPSA) is 39.2 Å². The van der Waals surface area contributed by atoms with Gasteiger partial charge in [0.05, 0.1) is 12.3 Å². The number of furan rings is 1. The molecule has 0 aliphatic carbocycles. The van der Waals surface area contributed by atoms with Gasteiger partial charge in [0.2, 0.25) is 0 Å². The monoisotopic (exact) mass is 157 g/mol. The second-order valence-corrected chi connectivity index (χ2v) is 2.25. The lowest BCUT2D eigenvalue weighted by Crippen LogP contribution is -2.05. The molecule has 0 saturated carbocycles. The van der Waals surface area contributed by atoms with E-state index < -0.39 is 0 Å². The summed E-state index contributed by atoms with van der Waals surface area (Å²) >= 11 is 5.62. The fourth-order valence-corrected chi connectivity index (χ4v) is 0.910. The SMILES string of the molecule is C=C[C@@H](N)c1ccoc1Cl. The van der Waals surface area contributed by atoms with Crippen LogP contribution in [0.4, 0.5) is 0 Å². The van der Waals surface area contributed by atoms with Crippen LogP contribution in [-0.4, -0.2) is 0 Å². The Balaban J connectivity index is 2.92. The molecule has 0 fully saturated rings. The minimum atomic E-state index is -0.230. The van der Waals surface area contributed by atoms with Crippen LogP contribution in [0.25, 0.3) is 0 Å². The molecule has 1 atom stereocenters. The molecule has 10 heavy (non-hydrogen) atoms. The molecule has 0 unspecified atom stereocenters. The van der Waals surface area contributed by atoms with Crippen molar-refractivity contribution in [1.29, 1.82) is 0 Å². The third kappa shape index (κ3) is 1.23. The van der Waals surface area contributed by atoms with E-state index in [0.29, 0.717) is 5.22 Å². The van der Waals surface area contributed by atoms with Crippen molar-refractivity contribution < 1.29 is 4.42 Å². The van der Waals surface area contributed by atoms with Crippen molar-refractivity contribution in [3.63, 3.8) is 0 Å². The van der Waals surface area contributed by atoms with Crippen LogP contribution in [0.5, 0.6) is 0 Å². The van der Waals surface area contributed by atoms with E-state index in [1.54, 1.807) is 12.1 Å². The first kappa shape index (κ1) is 7.38. The normalized spacial score (nSPS) is 13.0. The van der Waals surface area contributed by atoms with Crippen molar-refractivity contribution in [2.75, 3.05) is 0 Å².